The second kappa shape index (κ2) is 6.54. The minimum atomic E-state index is -0.744. The van der Waals surface area contributed by atoms with Gasteiger partial charge in [0, 0.05) is 10.6 Å². The van der Waals surface area contributed by atoms with E-state index in [2.05, 4.69) is 16.5 Å². The van der Waals surface area contributed by atoms with Crippen LogP contribution in [0.3, 0.4) is 0 Å². The van der Waals surface area contributed by atoms with Gasteiger partial charge in [-0.3, -0.25) is 0 Å². The Morgan fingerprint density at radius 3 is 2.41 bits per heavy atom. The van der Waals surface area contributed by atoms with Crippen LogP contribution >= 0.6 is 11.6 Å². The van der Waals surface area contributed by atoms with Crippen molar-refractivity contribution in [3.05, 3.63) is 76.2 Å². The molecule has 0 saturated heterocycles. The summed E-state index contributed by atoms with van der Waals surface area (Å²) >= 11 is 6.00. The molecule has 2 aromatic carbocycles. The number of hydrogen-bond donors (Lipinski definition) is 2. The lowest BCUT2D eigenvalue weighted by atomic mass is 10.0. The highest BCUT2D eigenvalue weighted by Gasteiger charge is 2.30. The Bertz CT molecular complexity index is 1090. The normalized spacial score (nSPS) is 15.9. The molecule has 0 bridgehead atoms. The van der Waals surface area contributed by atoms with E-state index in [1.54, 1.807) is 28.9 Å². The van der Waals surface area contributed by atoms with E-state index in [1.807, 2.05) is 19.1 Å². The summed E-state index contributed by atoms with van der Waals surface area (Å²) < 4.78 is 14.9. The van der Waals surface area contributed by atoms with Gasteiger partial charge in [0.1, 0.15) is 23.9 Å². The lowest BCUT2D eigenvalue weighted by Crippen LogP contribution is -2.29. The molecule has 4 rings (SSSR count). The maximum Gasteiger partial charge on any atom is 0.139 e. The Morgan fingerprint density at radius 2 is 1.78 bits per heavy atom. The molecule has 5 nitrogen and oxygen atoms in total. The van der Waals surface area contributed by atoms with Crippen molar-refractivity contribution in [1.82, 2.24) is 9.78 Å². The van der Waals surface area contributed by atoms with Crippen LogP contribution in [0.4, 0.5) is 10.2 Å². The number of fused-ring (bicyclic) bond motifs is 1. The van der Waals surface area contributed by atoms with Crippen molar-refractivity contribution in [2.75, 3.05) is 5.32 Å². The third-order valence-corrected chi connectivity index (χ3v) is 4.80. The summed E-state index contributed by atoms with van der Waals surface area (Å²) in [5.41, 5.74) is 10.5. The highest BCUT2D eigenvalue weighted by Crippen LogP contribution is 2.40. The SMILES string of the molecule is Cc1nn2c(c1-c1ccc(Cl)cc1)NC(c1ccc(F)cc1)=C(C#N)C2N. The fourth-order valence-corrected chi connectivity index (χ4v) is 3.38. The fraction of sp³-hybridized carbons (Fsp3) is 0.100. The first-order chi connectivity index (χ1) is 13.0. The first-order valence-corrected chi connectivity index (χ1v) is 8.65. The Kier molecular flexibility index (Phi) is 4.19. The molecule has 1 unspecified atom stereocenters. The number of anilines is 1. The second-order valence-electron chi connectivity index (χ2n) is 6.24. The standard InChI is InChI=1S/C20H15ClFN5/c1-11-17(12-2-6-14(21)7-3-12)20-25-18(13-4-8-15(22)9-5-13)16(10-23)19(24)27(20)26-11/h2-9,19,25H,24H2,1H3. The first-order valence-electron chi connectivity index (χ1n) is 8.27. The van der Waals surface area contributed by atoms with Gasteiger partial charge in [-0.2, -0.15) is 10.4 Å². The molecule has 0 saturated carbocycles. The molecule has 27 heavy (non-hydrogen) atoms. The Hall–Kier alpha value is -3.14. The largest absolute Gasteiger partial charge is 0.338 e. The molecule has 1 aliphatic heterocycles. The number of aromatic nitrogens is 2. The number of aryl methyl sites for hydroxylation is 1. The van der Waals surface area contributed by atoms with E-state index in [0.29, 0.717) is 27.7 Å². The van der Waals surface area contributed by atoms with Gasteiger partial charge >= 0.3 is 0 Å². The summed E-state index contributed by atoms with van der Waals surface area (Å²) in [6, 6.07) is 15.5. The zero-order valence-electron chi connectivity index (χ0n) is 14.4. The number of rotatable bonds is 2. The van der Waals surface area contributed by atoms with E-state index in [-0.39, 0.29) is 5.82 Å². The predicted molar refractivity (Wildman–Crippen MR) is 103 cm³/mol. The second-order valence-corrected chi connectivity index (χ2v) is 6.67. The van der Waals surface area contributed by atoms with Crippen molar-refractivity contribution in [2.45, 2.75) is 13.1 Å². The molecular weight excluding hydrogens is 365 g/mol. The molecule has 3 aromatic rings. The van der Waals surface area contributed by atoms with Gasteiger partial charge in [-0.15, -0.1) is 0 Å². The van der Waals surface area contributed by atoms with Crippen LogP contribution in [0.25, 0.3) is 16.8 Å². The number of nitrogens with two attached hydrogens (primary N) is 1. The zero-order valence-corrected chi connectivity index (χ0v) is 15.1. The molecule has 3 N–H and O–H groups in total. The van der Waals surface area contributed by atoms with Gasteiger partial charge < -0.3 is 11.1 Å². The lowest BCUT2D eigenvalue weighted by Gasteiger charge is -2.26. The summed E-state index contributed by atoms with van der Waals surface area (Å²) in [7, 11) is 0. The van der Waals surface area contributed by atoms with Crippen LogP contribution in [0.2, 0.25) is 5.02 Å². The molecule has 1 aliphatic rings. The van der Waals surface area contributed by atoms with Crippen molar-refractivity contribution in [3.63, 3.8) is 0 Å². The van der Waals surface area contributed by atoms with E-state index in [9.17, 15) is 9.65 Å². The quantitative estimate of drug-likeness (QED) is 0.688. The number of halogens is 2. The van der Waals surface area contributed by atoms with E-state index in [1.165, 1.54) is 12.1 Å². The van der Waals surface area contributed by atoms with Crippen molar-refractivity contribution >= 4 is 23.1 Å². The van der Waals surface area contributed by atoms with Crippen molar-refractivity contribution in [2.24, 2.45) is 5.73 Å². The van der Waals surface area contributed by atoms with Gasteiger partial charge in [-0.1, -0.05) is 23.7 Å². The zero-order chi connectivity index (χ0) is 19.1. The summed E-state index contributed by atoms with van der Waals surface area (Å²) in [6.45, 7) is 1.88. The topological polar surface area (TPSA) is 79.7 Å². The smallest absolute Gasteiger partial charge is 0.139 e. The molecular formula is C20H15ClFN5. The van der Waals surface area contributed by atoms with E-state index in [0.717, 1.165) is 16.8 Å². The van der Waals surface area contributed by atoms with Crippen LogP contribution in [0.15, 0.2) is 54.1 Å². The van der Waals surface area contributed by atoms with Crippen LogP contribution in [0.5, 0.6) is 0 Å². The monoisotopic (exact) mass is 379 g/mol. The van der Waals surface area contributed by atoms with Gasteiger partial charge in [0.25, 0.3) is 0 Å². The average Bonchev–Trinajstić information content (AvgIpc) is 2.99. The minimum Gasteiger partial charge on any atom is -0.338 e. The third-order valence-electron chi connectivity index (χ3n) is 4.54. The molecule has 2 heterocycles. The maximum atomic E-state index is 13.3. The first kappa shape index (κ1) is 17.3. The molecule has 0 amide bonds. The molecule has 0 aliphatic carbocycles. The lowest BCUT2D eigenvalue weighted by molar-refractivity contribution is 0.540. The predicted octanol–water partition coefficient (Wildman–Crippen LogP) is 4.47. The average molecular weight is 380 g/mol. The van der Waals surface area contributed by atoms with Crippen molar-refractivity contribution in [1.29, 1.82) is 5.26 Å². The van der Waals surface area contributed by atoms with Crippen LogP contribution in [-0.2, 0) is 0 Å². The fourth-order valence-electron chi connectivity index (χ4n) is 3.25. The van der Waals surface area contributed by atoms with E-state index in [4.69, 9.17) is 17.3 Å². The van der Waals surface area contributed by atoms with Gasteiger partial charge in [0.15, 0.2) is 0 Å². The van der Waals surface area contributed by atoms with Crippen molar-refractivity contribution < 1.29 is 4.39 Å². The highest BCUT2D eigenvalue weighted by atomic mass is 35.5. The van der Waals surface area contributed by atoms with Gasteiger partial charge in [0.2, 0.25) is 0 Å². The molecule has 1 atom stereocenters. The summed E-state index contributed by atoms with van der Waals surface area (Å²) in [6.07, 6.45) is -0.744. The van der Waals surface area contributed by atoms with Gasteiger partial charge in [-0.25, -0.2) is 9.07 Å². The molecule has 7 heteroatoms. The van der Waals surface area contributed by atoms with E-state index < -0.39 is 6.17 Å². The number of benzene rings is 2. The molecule has 0 radical (unpaired) electrons. The van der Waals surface area contributed by atoms with Gasteiger partial charge in [-0.05, 0) is 54.4 Å². The molecule has 0 spiro atoms. The Labute approximate surface area is 160 Å². The van der Waals surface area contributed by atoms with Crippen LogP contribution < -0.4 is 11.1 Å². The minimum absolute atomic E-state index is 0.333. The Morgan fingerprint density at radius 1 is 1.15 bits per heavy atom. The van der Waals surface area contributed by atoms with Crippen LogP contribution in [0, 0.1) is 24.1 Å². The highest BCUT2D eigenvalue weighted by molar-refractivity contribution is 6.30. The molecule has 1 aromatic heterocycles. The Balaban J connectivity index is 1.88. The van der Waals surface area contributed by atoms with Crippen molar-refractivity contribution in [3.8, 4) is 17.2 Å². The van der Waals surface area contributed by atoms with Crippen LogP contribution in [-0.4, -0.2) is 9.78 Å². The number of nitrogens with zero attached hydrogens (tertiary/aromatic N) is 3. The van der Waals surface area contributed by atoms with Crippen LogP contribution in [0.1, 0.15) is 17.4 Å². The number of nitriles is 1. The third kappa shape index (κ3) is 2.87. The van der Waals surface area contributed by atoms with Gasteiger partial charge in [0.05, 0.1) is 17.0 Å². The maximum absolute atomic E-state index is 13.3. The summed E-state index contributed by atoms with van der Waals surface area (Å²) in [5.74, 6) is 0.335. The van der Waals surface area contributed by atoms with E-state index >= 15 is 0 Å². The number of hydrogen-bond acceptors (Lipinski definition) is 4. The molecule has 0 fully saturated rings. The molecule has 134 valence electrons. The summed E-state index contributed by atoms with van der Waals surface area (Å²) in [5, 5.41) is 18.1. The number of nitrogens with one attached hydrogen (secondary N) is 1. The summed E-state index contributed by atoms with van der Waals surface area (Å²) in [4.78, 5) is 0.